The summed E-state index contributed by atoms with van der Waals surface area (Å²) in [6, 6.07) is 0. The van der Waals surface area contributed by atoms with E-state index in [4.69, 9.17) is 4.74 Å². The summed E-state index contributed by atoms with van der Waals surface area (Å²) < 4.78 is 28.5. The van der Waals surface area contributed by atoms with E-state index in [9.17, 15) is 13.2 Å². The number of nitrogens with one attached hydrogen (secondary N) is 2. The standard InChI is InChI=1S/C9H20N2O4S/c1-3-15-9(12)5-8-10-6-4-7-11-16(2,13)14/h10-11H,3-8H2,1-2H3. The van der Waals surface area contributed by atoms with Gasteiger partial charge in [0.2, 0.25) is 10.0 Å². The Morgan fingerprint density at radius 2 is 1.94 bits per heavy atom. The number of carbonyl (C=O) groups excluding carboxylic acids is 1. The quantitative estimate of drug-likeness (QED) is 0.425. The minimum atomic E-state index is -3.09. The monoisotopic (exact) mass is 252 g/mol. The van der Waals surface area contributed by atoms with Gasteiger partial charge in [-0.25, -0.2) is 13.1 Å². The van der Waals surface area contributed by atoms with Crippen LogP contribution in [0.5, 0.6) is 0 Å². The smallest absolute Gasteiger partial charge is 0.307 e. The number of rotatable bonds is 9. The van der Waals surface area contributed by atoms with Gasteiger partial charge < -0.3 is 10.1 Å². The van der Waals surface area contributed by atoms with Crippen LogP contribution in [0.2, 0.25) is 0 Å². The second-order valence-corrected chi connectivity index (χ2v) is 5.16. The molecule has 0 saturated carbocycles. The molecule has 0 unspecified atom stereocenters. The lowest BCUT2D eigenvalue weighted by Crippen LogP contribution is -2.27. The highest BCUT2D eigenvalue weighted by Crippen LogP contribution is 1.84. The minimum Gasteiger partial charge on any atom is -0.466 e. The van der Waals surface area contributed by atoms with E-state index in [-0.39, 0.29) is 5.97 Å². The van der Waals surface area contributed by atoms with Gasteiger partial charge >= 0.3 is 5.97 Å². The fraction of sp³-hybridized carbons (Fsp3) is 0.889. The van der Waals surface area contributed by atoms with Crippen molar-refractivity contribution in [2.45, 2.75) is 19.8 Å². The third kappa shape index (κ3) is 11.4. The van der Waals surface area contributed by atoms with E-state index in [0.29, 0.717) is 39.1 Å². The molecule has 0 aliphatic carbocycles. The molecule has 6 nitrogen and oxygen atoms in total. The van der Waals surface area contributed by atoms with E-state index >= 15 is 0 Å². The Balaban J connectivity index is 3.25. The average Bonchev–Trinajstić information content (AvgIpc) is 2.15. The van der Waals surface area contributed by atoms with Crippen LogP contribution in [-0.4, -0.2) is 46.9 Å². The van der Waals surface area contributed by atoms with Crippen LogP contribution < -0.4 is 10.0 Å². The van der Waals surface area contributed by atoms with E-state index in [2.05, 4.69) is 10.0 Å². The maximum Gasteiger partial charge on any atom is 0.307 e. The molecule has 0 aromatic carbocycles. The number of hydrogen-bond donors (Lipinski definition) is 2. The van der Waals surface area contributed by atoms with Crippen molar-refractivity contribution in [3.8, 4) is 0 Å². The van der Waals surface area contributed by atoms with Crippen LogP contribution in [0.3, 0.4) is 0 Å². The summed E-state index contributed by atoms with van der Waals surface area (Å²) in [5, 5.41) is 3.03. The molecule has 0 heterocycles. The SMILES string of the molecule is CCOC(=O)CCNCCCNS(C)(=O)=O. The van der Waals surface area contributed by atoms with Gasteiger partial charge in [-0.1, -0.05) is 0 Å². The normalized spacial score (nSPS) is 11.4. The second-order valence-electron chi connectivity index (χ2n) is 3.33. The van der Waals surface area contributed by atoms with E-state index in [0.717, 1.165) is 6.26 Å². The Kier molecular flexibility index (Phi) is 8.14. The predicted octanol–water partition coefficient (Wildman–Crippen LogP) is -0.531. The topological polar surface area (TPSA) is 84.5 Å². The third-order valence-electron chi connectivity index (χ3n) is 1.71. The Morgan fingerprint density at radius 1 is 1.25 bits per heavy atom. The van der Waals surface area contributed by atoms with Gasteiger partial charge in [-0.3, -0.25) is 4.79 Å². The molecule has 7 heteroatoms. The summed E-state index contributed by atoms with van der Waals surface area (Å²) in [5.41, 5.74) is 0. The molecule has 0 aliphatic heterocycles. The van der Waals surface area contributed by atoms with Crippen LogP contribution >= 0.6 is 0 Å². The zero-order chi connectivity index (χ0) is 12.4. The molecule has 0 fully saturated rings. The molecule has 0 spiro atoms. The Bertz CT molecular complexity index is 290. The summed E-state index contributed by atoms with van der Waals surface area (Å²) in [6.45, 7) is 3.80. The molecule has 96 valence electrons. The van der Waals surface area contributed by atoms with Crippen molar-refractivity contribution in [1.82, 2.24) is 10.0 Å². The highest BCUT2D eigenvalue weighted by molar-refractivity contribution is 7.88. The molecule has 0 atom stereocenters. The molecule has 0 aliphatic rings. The molecular formula is C9H20N2O4S. The lowest BCUT2D eigenvalue weighted by molar-refractivity contribution is -0.142. The predicted molar refractivity (Wildman–Crippen MR) is 61.6 cm³/mol. The van der Waals surface area contributed by atoms with Crippen molar-refractivity contribution in [3.63, 3.8) is 0 Å². The molecule has 0 aromatic heterocycles. The van der Waals surface area contributed by atoms with Gasteiger partial charge in [0.15, 0.2) is 0 Å². The zero-order valence-electron chi connectivity index (χ0n) is 9.78. The minimum absolute atomic E-state index is 0.218. The van der Waals surface area contributed by atoms with Gasteiger partial charge in [-0.2, -0.15) is 0 Å². The van der Waals surface area contributed by atoms with Crippen molar-refractivity contribution >= 4 is 16.0 Å². The van der Waals surface area contributed by atoms with Crippen LogP contribution in [0.15, 0.2) is 0 Å². The first-order valence-electron chi connectivity index (χ1n) is 5.26. The van der Waals surface area contributed by atoms with Crippen LogP contribution in [0.25, 0.3) is 0 Å². The number of carbonyl (C=O) groups is 1. The molecule has 16 heavy (non-hydrogen) atoms. The molecular weight excluding hydrogens is 232 g/mol. The number of sulfonamides is 1. The second kappa shape index (κ2) is 8.49. The average molecular weight is 252 g/mol. The van der Waals surface area contributed by atoms with Crippen molar-refractivity contribution < 1.29 is 17.9 Å². The van der Waals surface area contributed by atoms with Crippen LogP contribution in [0, 0.1) is 0 Å². The molecule has 0 amide bonds. The zero-order valence-corrected chi connectivity index (χ0v) is 10.6. The number of esters is 1. The highest BCUT2D eigenvalue weighted by atomic mass is 32.2. The first-order chi connectivity index (χ1) is 7.45. The summed E-state index contributed by atoms with van der Waals surface area (Å²) >= 11 is 0. The maximum atomic E-state index is 10.9. The van der Waals surface area contributed by atoms with Gasteiger partial charge in [0.05, 0.1) is 19.3 Å². The lowest BCUT2D eigenvalue weighted by atomic mass is 10.4. The Hall–Kier alpha value is -0.660. The molecule has 0 radical (unpaired) electrons. The first-order valence-corrected chi connectivity index (χ1v) is 7.16. The molecule has 0 saturated heterocycles. The van der Waals surface area contributed by atoms with E-state index in [1.165, 1.54) is 0 Å². The van der Waals surface area contributed by atoms with Crippen LogP contribution in [0.4, 0.5) is 0 Å². The van der Waals surface area contributed by atoms with Crippen LogP contribution in [-0.2, 0) is 19.6 Å². The summed E-state index contributed by atoms with van der Waals surface area (Å²) in [5.74, 6) is -0.218. The summed E-state index contributed by atoms with van der Waals surface area (Å²) in [6.07, 6.45) is 2.16. The summed E-state index contributed by atoms with van der Waals surface area (Å²) in [4.78, 5) is 10.9. The Morgan fingerprint density at radius 3 is 2.50 bits per heavy atom. The lowest BCUT2D eigenvalue weighted by Gasteiger charge is -2.05. The van der Waals surface area contributed by atoms with Gasteiger partial charge in [0, 0.05) is 13.1 Å². The van der Waals surface area contributed by atoms with Crippen molar-refractivity contribution in [2.75, 3.05) is 32.5 Å². The van der Waals surface area contributed by atoms with E-state index < -0.39 is 10.0 Å². The van der Waals surface area contributed by atoms with Crippen molar-refractivity contribution in [3.05, 3.63) is 0 Å². The van der Waals surface area contributed by atoms with Gasteiger partial charge in [0.25, 0.3) is 0 Å². The molecule has 2 N–H and O–H groups in total. The van der Waals surface area contributed by atoms with Gasteiger partial charge in [-0.05, 0) is 19.9 Å². The van der Waals surface area contributed by atoms with Crippen molar-refractivity contribution in [1.29, 1.82) is 0 Å². The van der Waals surface area contributed by atoms with E-state index in [1.54, 1.807) is 6.92 Å². The molecule has 0 rings (SSSR count). The van der Waals surface area contributed by atoms with Crippen molar-refractivity contribution in [2.24, 2.45) is 0 Å². The fourth-order valence-corrected chi connectivity index (χ4v) is 1.53. The van der Waals surface area contributed by atoms with Gasteiger partial charge in [0.1, 0.15) is 0 Å². The fourth-order valence-electron chi connectivity index (χ4n) is 1.02. The molecule has 0 bridgehead atoms. The highest BCUT2D eigenvalue weighted by Gasteiger charge is 2.01. The van der Waals surface area contributed by atoms with E-state index in [1.807, 2.05) is 0 Å². The maximum absolute atomic E-state index is 10.9. The number of ether oxygens (including phenoxy) is 1. The third-order valence-corrected chi connectivity index (χ3v) is 2.43. The van der Waals surface area contributed by atoms with Crippen LogP contribution in [0.1, 0.15) is 19.8 Å². The summed E-state index contributed by atoms with van der Waals surface area (Å²) in [7, 11) is -3.09. The van der Waals surface area contributed by atoms with Gasteiger partial charge in [-0.15, -0.1) is 0 Å². The number of hydrogen-bond acceptors (Lipinski definition) is 5. The largest absolute Gasteiger partial charge is 0.466 e. The Labute approximate surface area is 96.8 Å². The first kappa shape index (κ1) is 15.3. The molecule has 0 aromatic rings.